The number of anilines is 1. The highest BCUT2D eigenvalue weighted by Crippen LogP contribution is 2.31. The molecule has 1 aliphatic heterocycles. The van der Waals surface area contributed by atoms with Gasteiger partial charge in [-0.15, -0.1) is 0 Å². The fourth-order valence-corrected chi connectivity index (χ4v) is 2.98. The fraction of sp³-hybridized carbons (Fsp3) is 0.462. The second-order valence-electron chi connectivity index (χ2n) is 4.46. The molecule has 1 fully saturated rings. The second kappa shape index (κ2) is 5.59. The molecule has 2 atom stereocenters. The largest absolute Gasteiger partial charge is 0.378 e. The first kappa shape index (κ1) is 13.8. The van der Waals surface area contributed by atoms with Crippen LogP contribution in [-0.2, 0) is 9.53 Å². The summed E-state index contributed by atoms with van der Waals surface area (Å²) in [6.45, 7) is 2.59. The number of benzene rings is 1. The number of carbonyl (C=O) groups excluding carboxylic acids is 1. The predicted octanol–water partition coefficient (Wildman–Crippen LogP) is 3.49. The first-order chi connectivity index (χ1) is 8.50. The van der Waals surface area contributed by atoms with Crippen LogP contribution in [0.1, 0.15) is 13.3 Å². The van der Waals surface area contributed by atoms with Crippen molar-refractivity contribution < 1.29 is 9.53 Å². The van der Waals surface area contributed by atoms with Crippen molar-refractivity contribution in [3.8, 4) is 0 Å². The zero-order valence-corrected chi connectivity index (χ0v) is 12.7. The van der Waals surface area contributed by atoms with Gasteiger partial charge in [0, 0.05) is 18.1 Å². The first-order valence-corrected chi connectivity index (χ1v) is 7.02. The Morgan fingerprint density at radius 2 is 2.28 bits per heavy atom. The Bertz CT molecular complexity index is 466. The number of halogens is 2. The highest BCUT2D eigenvalue weighted by Gasteiger charge is 2.33. The first-order valence-electron chi connectivity index (χ1n) is 5.85. The monoisotopic (exact) mass is 331 g/mol. The van der Waals surface area contributed by atoms with Crippen LogP contribution < -0.4 is 4.90 Å². The van der Waals surface area contributed by atoms with Crippen molar-refractivity contribution in [2.45, 2.75) is 19.4 Å². The van der Waals surface area contributed by atoms with Gasteiger partial charge in [0.1, 0.15) is 0 Å². The average Bonchev–Trinajstić information content (AvgIpc) is 2.74. The van der Waals surface area contributed by atoms with E-state index in [1.807, 2.05) is 19.1 Å². The van der Waals surface area contributed by atoms with Crippen LogP contribution in [0.25, 0.3) is 0 Å². The van der Waals surface area contributed by atoms with E-state index in [9.17, 15) is 4.79 Å². The molecular formula is C13H15BrClNO2. The Labute approximate surface area is 120 Å². The average molecular weight is 333 g/mol. The van der Waals surface area contributed by atoms with Crippen molar-refractivity contribution >= 4 is 39.1 Å². The van der Waals surface area contributed by atoms with Crippen molar-refractivity contribution in [3.05, 3.63) is 27.7 Å². The van der Waals surface area contributed by atoms with Crippen LogP contribution in [0.2, 0.25) is 5.02 Å². The second-order valence-corrected chi connectivity index (χ2v) is 5.79. The van der Waals surface area contributed by atoms with E-state index in [0.29, 0.717) is 11.6 Å². The van der Waals surface area contributed by atoms with Crippen molar-refractivity contribution in [3.63, 3.8) is 0 Å². The van der Waals surface area contributed by atoms with Gasteiger partial charge in [-0.2, -0.15) is 0 Å². The van der Waals surface area contributed by atoms with Crippen LogP contribution in [-0.4, -0.2) is 25.7 Å². The van der Waals surface area contributed by atoms with Gasteiger partial charge in [0.2, 0.25) is 5.91 Å². The molecule has 1 amide bonds. The number of rotatable bonds is 2. The molecule has 0 radical (unpaired) electrons. The highest BCUT2D eigenvalue weighted by atomic mass is 79.9. The van der Waals surface area contributed by atoms with E-state index >= 15 is 0 Å². The zero-order valence-electron chi connectivity index (χ0n) is 10.3. The van der Waals surface area contributed by atoms with Crippen molar-refractivity contribution in [2.24, 2.45) is 5.92 Å². The standard InChI is InChI=1S/C13H15BrClNO2/c1-8-10(5-6-18-8)13(17)16(2)12-4-3-9(14)7-11(12)15/h3-4,7-8,10H,5-6H2,1-2H3/t8-,10+/m1/s1. The molecule has 0 N–H and O–H groups in total. The molecule has 0 unspecified atom stereocenters. The molecule has 0 aromatic heterocycles. The summed E-state index contributed by atoms with van der Waals surface area (Å²) in [4.78, 5) is 14.0. The van der Waals surface area contributed by atoms with E-state index in [4.69, 9.17) is 16.3 Å². The third-order valence-electron chi connectivity index (χ3n) is 3.30. The topological polar surface area (TPSA) is 29.5 Å². The summed E-state index contributed by atoms with van der Waals surface area (Å²) in [5.74, 6) is -0.0149. The minimum atomic E-state index is -0.0743. The van der Waals surface area contributed by atoms with Gasteiger partial charge >= 0.3 is 0 Å². The van der Waals surface area contributed by atoms with Gasteiger partial charge in [0.25, 0.3) is 0 Å². The van der Waals surface area contributed by atoms with Gasteiger partial charge in [-0.05, 0) is 31.5 Å². The maximum atomic E-state index is 12.4. The molecule has 98 valence electrons. The Morgan fingerprint density at radius 1 is 1.56 bits per heavy atom. The summed E-state index contributed by atoms with van der Waals surface area (Å²) in [6.07, 6.45) is 0.757. The van der Waals surface area contributed by atoms with Crippen molar-refractivity contribution in [2.75, 3.05) is 18.6 Å². The molecule has 2 rings (SSSR count). The number of nitrogens with zero attached hydrogens (tertiary/aromatic N) is 1. The van der Waals surface area contributed by atoms with Gasteiger partial charge in [-0.1, -0.05) is 27.5 Å². The van der Waals surface area contributed by atoms with E-state index in [0.717, 1.165) is 16.6 Å². The van der Waals surface area contributed by atoms with Gasteiger partial charge in [-0.3, -0.25) is 4.79 Å². The van der Waals surface area contributed by atoms with E-state index in [2.05, 4.69) is 15.9 Å². The molecule has 0 aliphatic carbocycles. The molecule has 0 bridgehead atoms. The number of hydrogen-bond donors (Lipinski definition) is 0. The maximum Gasteiger partial charge on any atom is 0.232 e. The molecule has 0 spiro atoms. The summed E-state index contributed by atoms with van der Waals surface area (Å²) in [5.41, 5.74) is 0.726. The lowest BCUT2D eigenvalue weighted by atomic mass is 10.0. The molecule has 1 aromatic carbocycles. The molecule has 0 saturated carbocycles. The molecule has 3 nitrogen and oxygen atoms in total. The number of carbonyl (C=O) groups is 1. The SMILES string of the molecule is C[C@H]1OCC[C@@H]1C(=O)N(C)c1ccc(Br)cc1Cl. The summed E-state index contributed by atoms with van der Waals surface area (Å²) < 4.78 is 6.33. The van der Waals surface area contributed by atoms with Gasteiger partial charge in [-0.25, -0.2) is 0 Å². The fourth-order valence-electron chi connectivity index (χ4n) is 2.18. The summed E-state index contributed by atoms with van der Waals surface area (Å²) in [7, 11) is 1.75. The van der Waals surface area contributed by atoms with Crippen LogP contribution in [0.5, 0.6) is 0 Å². The van der Waals surface area contributed by atoms with Gasteiger partial charge in [0.15, 0.2) is 0 Å². The highest BCUT2D eigenvalue weighted by molar-refractivity contribution is 9.10. The minimum Gasteiger partial charge on any atom is -0.378 e. The van der Waals surface area contributed by atoms with E-state index in [-0.39, 0.29) is 17.9 Å². The Hall–Kier alpha value is -0.580. The molecular weight excluding hydrogens is 318 g/mol. The molecule has 18 heavy (non-hydrogen) atoms. The van der Waals surface area contributed by atoms with Gasteiger partial charge in [0.05, 0.1) is 22.7 Å². The number of amides is 1. The van der Waals surface area contributed by atoms with Crippen LogP contribution in [0.15, 0.2) is 22.7 Å². The third kappa shape index (κ3) is 2.71. The summed E-state index contributed by atoms with van der Waals surface area (Å²) >= 11 is 9.51. The summed E-state index contributed by atoms with van der Waals surface area (Å²) in [5, 5.41) is 0.562. The minimum absolute atomic E-state index is 0.0193. The molecule has 1 saturated heterocycles. The van der Waals surface area contributed by atoms with Crippen LogP contribution in [0.3, 0.4) is 0 Å². The van der Waals surface area contributed by atoms with E-state index in [1.165, 1.54) is 0 Å². The van der Waals surface area contributed by atoms with Crippen LogP contribution in [0.4, 0.5) is 5.69 Å². The Balaban J connectivity index is 2.20. The Kier molecular flexibility index (Phi) is 4.30. The lowest BCUT2D eigenvalue weighted by Gasteiger charge is -2.23. The van der Waals surface area contributed by atoms with Crippen LogP contribution >= 0.6 is 27.5 Å². The zero-order chi connectivity index (χ0) is 13.3. The number of ether oxygens (including phenoxy) is 1. The maximum absolute atomic E-state index is 12.4. The molecule has 1 aromatic rings. The van der Waals surface area contributed by atoms with Crippen molar-refractivity contribution in [1.29, 1.82) is 0 Å². The predicted molar refractivity (Wildman–Crippen MR) is 76.1 cm³/mol. The lowest BCUT2D eigenvalue weighted by Crippen LogP contribution is -2.36. The number of hydrogen-bond acceptors (Lipinski definition) is 2. The quantitative estimate of drug-likeness (QED) is 0.829. The normalized spacial score (nSPS) is 23.1. The Morgan fingerprint density at radius 3 is 2.83 bits per heavy atom. The molecule has 1 aliphatic rings. The lowest BCUT2D eigenvalue weighted by molar-refractivity contribution is -0.123. The molecule has 1 heterocycles. The smallest absolute Gasteiger partial charge is 0.232 e. The molecule has 5 heteroatoms. The summed E-state index contributed by atoms with van der Waals surface area (Å²) in [6, 6.07) is 5.50. The van der Waals surface area contributed by atoms with Crippen LogP contribution in [0, 0.1) is 5.92 Å². The third-order valence-corrected chi connectivity index (χ3v) is 4.09. The van der Waals surface area contributed by atoms with Gasteiger partial charge < -0.3 is 9.64 Å². The van der Waals surface area contributed by atoms with Crippen molar-refractivity contribution in [1.82, 2.24) is 0 Å². The van der Waals surface area contributed by atoms with E-state index in [1.54, 1.807) is 18.0 Å². The van der Waals surface area contributed by atoms with E-state index < -0.39 is 0 Å².